The van der Waals surface area contributed by atoms with E-state index in [0.29, 0.717) is 11.3 Å². The number of hydrogen-bond acceptors (Lipinski definition) is 3. The van der Waals surface area contributed by atoms with Crippen molar-refractivity contribution in [3.8, 4) is 11.5 Å². The summed E-state index contributed by atoms with van der Waals surface area (Å²) in [5, 5.41) is 2.68. The Morgan fingerprint density at radius 1 is 1.17 bits per heavy atom. The van der Waals surface area contributed by atoms with Crippen molar-refractivity contribution >= 4 is 17.7 Å². The van der Waals surface area contributed by atoms with Gasteiger partial charge in [0.05, 0.1) is 7.11 Å². The van der Waals surface area contributed by atoms with E-state index in [2.05, 4.69) is 10.1 Å². The lowest BCUT2D eigenvalue weighted by atomic mass is 10.1. The third-order valence-corrected chi connectivity index (χ3v) is 3.17. The maximum atomic E-state index is 12.6. The fraction of sp³-hybridized carbons (Fsp3) is 0.167. The lowest BCUT2D eigenvalue weighted by molar-refractivity contribution is -0.111. The first-order valence-corrected chi connectivity index (χ1v) is 7.17. The standard InChI is InChI=1S/C18H17F2NO3/c1-12-6-9-14(10-7-12)21-16(22)11-8-13-4-3-5-15(23-2)17(13)24-18(19)20/h3-11,18H,1-2H3,(H,21,22)/b11-8+. The van der Waals surface area contributed by atoms with E-state index in [-0.39, 0.29) is 17.4 Å². The number of ether oxygens (including phenoxy) is 2. The zero-order valence-electron chi connectivity index (χ0n) is 13.3. The molecule has 2 aromatic rings. The van der Waals surface area contributed by atoms with Crippen molar-refractivity contribution < 1.29 is 23.0 Å². The molecule has 0 aromatic heterocycles. The summed E-state index contributed by atoms with van der Waals surface area (Å²) in [4.78, 5) is 11.9. The van der Waals surface area contributed by atoms with Gasteiger partial charge in [-0.25, -0.2) is 0 Å². The van der Waals surface area contributed by atoms with Crippen LogP contribution in [-0.4, -0.2) is 19.6 Å². The first kappa shape index (κ1) is 17.5. The van der Waals surface area contributed by atoms with Gasteiger partial charge in [-0.2, -0.15) is 8.78 Å². The molecule has 0 aliphatic heterocycles. The number of halogens is 2. The van der Waals surface area contributed by atoms with Crippen LogP contribution in [0.4, 0.5) is 14.5 Å². The van der Waals surface area contributed by atoms with Gasteiger partial charge in [-0.15, -0.1) is 0 Å². The second-order valence-electron chi connectivity index (χ2n) is 4.95. The van der Waals surface area contributed by atoms with Crippen molar-refractivity contribution in [1.29, 1.82) is 0 Å². The van der Waals surface area contributed by atoms with Gasteiger partial charge >= 0.3 is 6.61 Å². The van der Waals surface area contributed by atoms with E-state index in [0.717, 1.165) is 5.56 Å². The van der Waals surface area contributed by atoms with E-state index in [1.807, 2.05) is 19.1 Å². The Kier molecular flexibility index (Phi) is 5.89. The van der Waals surface area contributed by atoms with E-state index in [9.17, 15) is 13.6 Å². The molecule has 0 aliphatic carbocycles. The summed E-state index contributed by atoms with van der Waals surface area (Å²) in [6.45, 7) is -1.05. The van der Waals surface area contributed by atoms with Crippen LogP contribution in [0.15, 0.2) is 48.5 Å². The zero-order valence-corrected chi connectivity index (χ0v) is 13.3. The second kappa shape index (κ2) is 8.10. The number of carbonyl (C=O) groups is 1. The van der Waals surface area contributed by atoms with Crippen molar-refractivity contribution in [3.05, 3.63) is 59.7 Å². The number of hydrogen-bond donors (Lipinski definition) is 1. The van der Waals surface area contributed by atoms with Gasteiger partial charge in [0.1, 0.15) is 0 Å². The summed E-state index contributed by atoms with van der Waals surface area (Å²) in [7, 11) is 1.35. The molecule has 0 spiro atoms. The molecule has 0 aliphatic rings. The van der Waals surface area contributed by atoms with Crippen LogP contribution >= 0.6 is 0 Å². The van der Waals surface area contributed by atoms with Crippen LogP contribution in [0.5, 0.6) is 11.5 Å². The Morgan fingerprint density at radius 3 is 2.50 bits per heavy atom. The summed E-state index contributed by atoms with van der Waals surface area (Å²) >= 11 is 0. The van der Waals surface area contributed by atoms with E-state index in [1.54, 1.807) is 24.3 Å². The quantitative estimate of drug-likeness (QED) is 0.804. The van der Waals surface area contributed by atoms with Gasteiger partial charge in [-0.1, -0.05) is 29.8 Å². The van der Waals surface area contributed by atoms with Gasteiger partial charge in [0, 0.05) is 17.3 Å². The number of aryl methyl sites for hydroxylation is 1. The Labute approximate surface area is 138 Å². The number of rotatable bonds is 6. The molecule has 2 aromatic carbocycles. The summed E-state index contributed by atoms with van der Waals surface area (Å²) in [5.74, 6) is -0.338. The Hall–Kier alpha value is -2.89. The summed E-state index contributed by atoms with van der Waals surface area (Å²) < 4.78 is 34.6. The minimum Gasteiger partial charge on any atom is -0.493 e. The second-order valence-corrected chi connectivity index (χ2v) is 4.95. The van der Waals surface area contributed by atoms with Crippen LogP contribution in [0, 0.1) is 6.92 Å². The van der Waals surface area contributed by atoms with Gasteiger partial charge in [0.15, 0.2) is 11.5 Å². The summed E-state index contributed by atoms with van der Waals surface area (Å²) in [6, 6.07) is 12.0. The first-order chi connectivity index (χ1) is 11.5. The van der Waals surface area contributed by atoms with E-state index < -0.39 is 6.61 Å². The highest BCUT2D eigenvalue weighted by molar-refractivity contribution is 6.02. The van der Waals surface area contributed by atoms with Crippen LogP contribution in [0.1, 0.15) is 11.1 Å². The van der Waals surface area contributed by atoms with Crippen molar-refractivity contribution in [1.82, 2.24) is 0 Å². The molecule has 0 saturated heterocycles. The average molecular weight is 333 g/mol. The van der Waals surface area contributed by atoms with Crippen LogP contribution in [0.2, 0.25) is 0 Å². The molecule has 2 rings (SSSR count). The fourth-order valence-corrected chi connectivity index (χ4v) is 2.03. The molecule has 0 atom stereocenters. The van der Waals surface area contributed by atoms with Gasteiger partial charge in [-0.05, 0) is 31.2 Å². The number of benzene rings is 2. The van der Waals surface area contributed by atoms with Crippen molar-refractivity contribution in [2.45, 2.75) is 13.5 Å². The molecule has 0 heterocycles. The molecule has 24 heavy (non-hydrogen) atoms. The molecular weight excluding hydrogens is 316 g/mol. The third kappa shape index (κ3) is 4.81. The lowest BCUT2D eigenvalue weighted by Gasteiger charge is -2.12. The van der Waals surface area contributed by atoms with Crippen LogP contribution in [0.25, 0.3) is 6.08 Å². The highest BCUT2D eigenvalue weighted by Crippen LogP contribution is 2.33. The predicted octanol–water partition coefficient (Wildman–Crippen LogP) is 4.26. The maximum absolute atomic E-state index is 12.6. The van der Waals surface area contributed by atoms with Crippen molar-refractivity contribution in [3.63, 3.8) is 0 Å². The largest absolute Gasteiger partial charge is 0.493 e. The SMILES string of the molecule is COc1cccc(/C=C/C(=O)Nc2ccc(C)cc2)c1OC(F)F. The minimum atomic E-state index is -2.99. The molecule has 1 amide bonds. The summed E-state index contributed by atoms with van der Waals surface area (Å²) in [5.41, 5.74) is 2.03. The molecule has 1 N–H and O–H groups in total. The molecule has 6 heteroatoms. The monoisotopic (exact) mass is 333 g/mol. The lowest BCUT2D eigenvalue weighted by Crippen LogP contribution is -2.08. The fourth-order valence-electron chi connectivity index (χ4n) is 2.03. The Bertz CT molecular complexity index is 728. The van der Waals surface area contributed by atoms with E-state index in [4.69, 9.17) is 4.74 Å². The molecule has 126 valence electrons. The smallest absolute Gasteiger partial charge is 0.387 e. The molecular formula is C18H17F2NO3. The Morgan fingerprint density at radius 2 is 1.88 bits per heavy atom. The average Bonchev–Trinajstić information content (AvgIpc) is 2.55. The van der Waals surface area contributed by atoms with Gasteiger partial charge in [0.2, 0.25) is 5.91 Å². The zero-order chi connectivity index (χ0) is 17.5. The molecule has 0 bridgehead atoms. The van der Waals surface area contributed by atoms with Crippen LogP contribution < -0.4 is 14.8 Å². The van der Waals surface area contributed by atoms with Gasteiger partial charge in [-0.3, -0.25) is 4.79 Å². The molecule has 4 nitrogen and oxygen atoms in total. The highest BCUT2D eigenvalue weighted by atomic mass is 19.3. The third-order valence-electron chi connectivity index (χ3n) is 3.17. The van der Waals surface area contributed by atoms with Crippen molar-refractivity contribution in [2.24, 2.45) is 0 Å². The van der Waals surface area contributed by atoms with E-state index >= 15 is 0 Å². The van der Waals surface area contributed by atoms with Gasteiger partial charge < -0.3 is 14.8 Å². The van der Waals surface area contributed by atoms with Gasteiger partial charge in [0.25, 0.3) is 0 Å². The summed E-state index contributed by atoms with van der Waals surface area (Å²) in [6.07, 6.45) is 2.64. The number of nitrogens with one attached hydrogen (secondary N) is 1. The number of alkyl halides is 2. The molecule has 0 unspecified atom stereocenters. The molecule has 0 fully saturated rings. The molecule has 0 radical (unpaired) electrons. The molecule has 0 saturated carbocycles. The number of methoxy groups -OCH3 is 1. The van der Waals surface area contributed by atoms with Crippen LogP contribution in [0.3, 0.4) is 0 Å². The first-order valence-electron chi connectivity index (χ1n) is 7.17. The predicted molar refractivity (Wildman–Crippen MR) is 88.5 cm³/mol. The van der Waals surface area contributed by atoms with Crippen LogP contribution in [-0.2, 0) is 4.79 Å². The van der Waals surface area contributed by atoms with E-state index in [1.165, 1.54) is 25.3 Å². The highest BCUT2D eigenvalue weighted by Gasteiger charge is 2.14. The number of anilines is 1. The van der Waals surface area contributed by atoms with Crippen molar-refractivity contribution in [2.75, 3.05) is 12.4 Å². The minimum absolute atomic E-state index is 0.116. The Balaban J connectivity index is 2.15. The number of para-hydroxylation sites is 1. The topological polar surface area (TPSA) is 47.6 Å². The number of carbonyl (C=O) groups excluding carboxylic acids is 1. The maximum Gasteiger partial charge on any atom is 0.387 e. The number of amides is 1. The normalized spacial score (nSPS) is 10.9.